The van der Waals surface area contributed by atoms with E-state index in [2.05, 4.69) is 5.32 Å². The number of nitrogens with two attached hydrogens (primary N) is 1. The highest BCUT2D eigenvalue weighted by Gasteiger charge is 2.07. The van der Waals surface area contributed by atoms with Gasteiger partial charge in [-0.2, -0.15) is 0 Å². The molecule has 0 aromatic heterocycles. The second-order valence-corrected chi connectivity index (χ2v) is 5.08. The van der Waals surface area contributed by atoms with Crippen LogP contribution < -0.4 is 20.5 Å². The van der Waals surface area contributed by atoms with E-state index in [0.717, 1.165) is 11.3 Å². The van der Waals surface area contributed by atoms with Crippen molar-refractivity contribution in [3.05, 3.63) is 48.0 Å². The molecule has 0 heterocycles. The van der Waals surface area contributed by atoms with Crippen LogP contribution in [0, 0.1) is 0 Å². The number of nitrogens with one attached hydrogen (secondary N) is 1. The van der Waals surface area contributed by atoms with Gasteiger partial charge in [-0.25, -0.2) is 0 Å². The molecule has 0 aliphatic rings. The SMILES string of the molecule is CCOc1ccc(CCC(=O)Nc2cc(OC)ccc2N)cc1. The molecular formula is C18H22N2O3. The minimum Gasteiger partial charge on any atom is -0.497 e. The molecule has 0 bridgehead atoms. The zero-order chi connectivity index (χ0) is 16.7. The van der Waals surface area contributed by atoms with Gasteiger partial charge in [0.25, 0.3) is 0 Å². The standard InChI is InChI=1S/C18H22N2O3/c1-3-23-14-7-4-13(5-8-14)6-11-18(21)20-17-12-15(22-2)9-10-16(17)19/h4-5,7-10,12H,3,6,11,19H2,1-2H3,(H,20,21). The molecule has 23 heavy (non-hydrogen) atoms. The number of nitrogen functional groups attached to an aromatic ring is 1. The van der Waals surface area contributed by atoms with Gasteiger partial charge in [0, 0.05) is 12.5 Å². The second-order valence-electron chi connectivity index (χ2n) is 5.08. The molecule has 0 unspecified atom stereocenters. The number of hydrogen-bond acceptors (Lipinski definition) is 4. The smallest absolute Gasteiger partial charge is 0.224 e. The van der Waals surface area contributed by atoms with Gasteiger partial charge in [0.15, 0.2) is 0 Å². The number of methoxy groups -OCH3 is 1. The molecule has 2 rings (SSSR count). The van der Waals surface area contributed by atoms with Crippen molar-refractivity contribution in [1.29, 1.82) is 0 Å². The summed E-state index contributed by atoms with van der Waals surface area (Å²) in [6.07, 6.45) is 1.03. The minimum atomic E-state index is -0.0844. The highest BCUT2D eigenvalue weighted by atomic mass is 16.5. The van der Waals surface area contributed by atoms with Gasteiger partial charge in [0.05, 0.1) is 25.1 Å². The summed E-state index contributed by atoms with van der Waals surface area (Å²) in [7, 11) is 1.57. The van der Waals surface area contributed by atoms with Gasteiger partial charge in [-0.15, -0.1) is 0 Å². The number of hydrogen-bond donors (Lipinski definition) is 2. The third-order valence-electron chi connectivity index (χ3n) is 3.41. The Labute approximate surface area is 136 Å². The number of carbonyl (C=O) groups is 1. The molecule has 0 saturated carbocycles. The Morgan fingerprint density at radius 1 is 1.13 bits per heavy atom. The highest BCUT2D eigenvalue weighted by molar-refractivity contribution is 5.94. The molecule has 0 fully saturated rings. The summed E-state index contributed by atoms with van der Waals surface area (Å²) >= 11 is 0. The van der Waals surface area contributed by atoms with Crippen LogP contribution in [0.3, 0.4) is 0 Å². The Balaban J connectivity index is 1.90. The maximum absolute atomic E-state index is 12.1. The summed E-state index contributed by atoms with van der Waals surface area (Å²) in [5, 5.41) is 2.82. The summed E-state index contributed by atoms with van der Waals surface area (Å²) < 4.78 is 10.5. The normalized spacial score (nSPS) is 10.2. The van der Waals surface area contributed by atoms with Crippen LogP contribution >= 0.6 is 0 Å². The molecule has 0 aliphatic heterocycles. The monoisotopic (exact) mass is 314 g/mol. The fourth-order valence-corrected chi connectivity index (χ4v) is 2.16. The average Bonchev–Trinajstić information content (AvgIpc) is 2.56. The third-order valence-corrected chi connectivity index (χ3v) is 3.41. The lowest BCUT2D eigenvalue weighted by Gasteiger charge is -2.10. The Bertz CT molecular complexity index is 654. The number of benzene rings is 2. The number of aryl methyl sites for hydroxylation is 1. The Morgan fingerprint density at radius 3 is 2.48 bits per heavy atom. The number of ether oxygens (including phenoxy) is 2. The molecule has 0 radical (unpaired) electrons. The molecule has 0 atom stereocenters. The van der Waals surface area contributed by atoms with Gasteiger partial charge in [-0.1, -0.05) is 12.1 Å². The van der Waals surface area contributed by atoms with E-state index in [1.165, 1.54) is 0 Å². The van der Waals surface area contributed by atoms with E-state index in [1.54, 1.807) is 25.3 Å². The molecule has 1 amide bonds. The van der Waals surface area contributed by atoms with Crippen LogP contribution in [0.25, 0.3) is 0 Å². The van der Waals surface area contributed by atoms with Crippen LogP contribution in [-0.4, -0.2) is 19.6 Å². The summed E-state index contributed by atoms with van der Waals surface area (Å²) in [5.74, 6) is 1.41. The molecule has 0 spiro atoms. The van der Waals surface area contributed by atoms with E-state index in [0.29, 0.717) is 36.6 Å². The summed E-state index contributed by atoms with van der Waals surface area (Å²) in [6.45, 7) is 2.59. The zero-order valence-corrected chi connectivity index (χ0v) is 13.5. The Kier molecular flexibility index (Phi) is 5.86. The molecule has 122 valence electrons. The van der Waals surface area contributed by atoms with Gasteiger partial charge in [-0.05, 0) is 43.2 Å². The lowest BCUT2D eigenvalue weighted by molar-refractivity contribution is -0.116. The van der Waals surface area contributed by atoms with Gasteiger partial charge >= 0.3 is 0 Å². The van der Waals surface area contributed by atoms with Gasteiger partial charge in [0.2, 0.25) is 5.91 Å². The van der Waals surface area contributed by atoms with Crippen molar-refractivity contribution in [1.82, 2.24) is 0 Å². The molecule has 5 heteroatoms. The molecule has 5 nitrogen and oxygen atoms in total. The zero-order valence-electron chi connectivity index (χ0n) is 13.5. The topological polar surface area (TPSA) is 73.6 Å². The van der Waals surface area contributed by atoms with Crippen LogP contribution in [0.15, 0.2) is 42.5 Å². The van der Waals surface area contributed by atoms with Gasteiger partial charge in [-0.3, -0.25) is 4.79 Å². The van der Waals surface area contributed by atoms with Gasteiger partial charge < -0.3 is 20.5 Å². The largest absolute Gasteiger partial charge is 0.497 e. The lowest BCUT2D eigenvalue weighted by atomic mass is 10.1. The summed E-state index contributed by atoms with van der Waals surface area (Å²) in [6, 6.07) is 12.9. The van der Waals surface area contributed by atoms with E-state index in [1.807, 2.05) is 31.2 Å². The number of rotatable bonds is 7. The van der Waals surface area contributed by atoms with Crippen LogP contribution in [0.1, 0.15) is 18.9 Å². The molecule has 2 aromatic carbocycles. The fourth-order valence-electron chi connectivity index (χ4n) is 2.16. The van der Waals surface area contributed by atoms with Crippen LogP contribution in [-0.2, 0) is 11.2 Å². The maximum atomic E-state index is 12.1. The first-order valence-electron chi connectivity index (χ1n) is 7.57. The van der Waals surface area contributed by atoms with Crippen molar-refractivity contribution in [2.45, 2.75) is 19.8 Å². The Hall–Kier alpha value is -2.69. The quantitative estimate of drug-likeness (QED) is 0.769. The number of anilines is 2. The molecule has 3 N–H and O–H groups in total. The summed E-state index contributed by atoms with van der Waals surface area (Å²) in [5.41, 5.74) is 8.03. The lowest BCUT2D eigenvalue weighted by Crippen LogP contribution is -2.13. The van der Waals surface area contributed by atoms with Crippen LogP contribution in [0.2, 0.25) is 0 Å². The molecule has 2 aromatic rings. The van der Waals surface area contributed by atoms with E-state index in [4.69, 9.17) is 15.2 Å². The predicted molar refractivity (Wildman–Crippen MR) is 92.0 cm³/mol. The number of amides is 1. The van der Waals surface area contributed by atoms with Crippen LogP contribution in [0.4, 0.5) is 11.4 Å². The van der Waals surface area contributed by atoms with Crippen molar-refractivity contribution < 1.29 is 14.3 Å². The van der Waals surface area contributed by atoms with E-state index in [9.17, 15) is 4.79 Å². The van der Waals surface area contributed by atoms with Crippen molar-refractivity contribution in [2.75, 3.05) is 24.8 Å². The average molecular weight is 314 g/mol. The van der Waals surface area contributed by atoms with Gasteiger partial charge in [0.1, 0.15) is 11.5 Å². The van der Waals surface area contributed by atoms with Crippen molar-refractivity contribution in [3.63, 3.8) is 0 Å². The van der Waals surface area contributed by atoms with Crippen molar-refractivity contribution >= 4 is 17.3 Å². The first-order valence-corrected chi connectivity index (χ1v) is 7.57. The van der Waals surface area contributed by atoms with Crippen molar-refractivity contribution in [2.24, 2.45) is 0 Å². The minimum absolute atomic E-state index is 0.0844. The van der Waals surface area contributed by atoms with E-state index < -0.39 is 0 Å². The summed E-state index contributed by atoms with van der Waals surface area (Å²) in [4.78, 5) is 12.1. The van der Waals surface area contributed by atoms with Crippen molar-refractivity contribution in [3.8, 4) is 11.5 Å². The predicted octanol–water partition coefficient (Wildman–Crippen LogP) is 3.25. The molecular weight excluding hydrogens is 292 g/mol. The second kappa shape index (κ2) is 8.08. The van der Waals surface area contributed by atoms with E-state index >= 15 is 0 Å². The number of carbonyl (C=O) groups excluding carboxylic acids is 1. The maximum Gasteiger partial charge on any atom is 0.224 e. The Morgan fingerprint density at radius 2 is 1.83 bits per heavy atom. The first-order chi connectivity index (χ1) is 11.1. The van der Waals surface area contributed by atoms with E-state index in [-0.39, 0.29) is 5.91 Å². The first kappa shape index (κ1) is 16.7. The third kappa shape index (κ3) is 4.92. The highest BCUT2D eigenvalue weighted by Crippen LogP contribution is 2.24. The van der Waals surface area contributed by atoms with Crippen LogP contribution in [0.5, 0.6) is 11.5 Å². The molecule has 0 aliphatic carbocycles. The fraction of sp³-hybridized carbons (Fsp3) is 0.278. The molecule has 0 saturated heterocycles.